The smallest absolute Gasteiger partial charge is 0.347 e. The molecule has 1 amide bonds. The molecule has 5 nitrogen and oxygen atoms in total. The van der Waals surface area contributed by atoms with Crippen molar-refractivity contribution in [2.24, 2.45) is 0 Å². The minimum atomic E-state index is -0.866. The third-order valence-electron chi connectivity index (χ3n) is 2.94. The van der Waals surface area contributed by atoms with Crippen LogP contribution in [0.2, 0.25) is 5.02 Å². The highest BCUT2D eigenvalue weighted by Crippen LogP contribution is 2.22. The maximum absolute atomic E-state index is 12.9. The minimum Gasteiger partial charge on any atom is -0.479 e. The lowest BCUT2D eigenvalue weighted by atomic mass is 10.3. The average Bonchev–Trinajstić information content (AvgIpc) is 2.56. The second-order valence-corrected chi connectivity index (χ2v) is 5.26. The van der Waals surface area contributed by atoms with Gasteiger partial charge in [0, 0.05) is 0 Å². The largest absolute Gasteiger partial charge is 0.479 e. The highest BCUT2D eigenvalue weighted by Gasteiger charge is 2.18. The molecule has 0 aromatic heterocycles. The molecule has 2 rings (SSSR count). The summed E-state index contributed by atoms with van der Waals surface area (Å²) < 4.78 is 23.2. The van der Waals surface area contributed by atoms with E-state index in [0.29, 0.717) is 5.75 Å². The summed E-state index contributed by atoms with van der Waals surface area (Å²) in [5.41, 5.74) is 0.229. The van der Waals surface area contributed by atoms with Crippen LogP contribution >= 0.6 is 11.6 Å². The number of halogens is 2. The molecule has 7 heteroatoms. The Morgan fingerprint density at radius 2 is 1.92 bits per heavy atom. The number of para-hydroxylation sites is 1. The summed E-state index contributed by atoms with van der Waals surface area (Å²) in [5.74, 6) is -1.27. The van der Waals surface area contributed by atoms with Crippen molar-refractivity contribution >= 4 is 29.2 Å². The van der Waals surface area contributed by atoms with E-state index in [4.69, 9.17) is 21.1 Å². The first-order valence-electron chi connectivity index (χ1n) is 7.09. The fourth-order valence-electron chi connectivity index (χ4n) is 1.78. The van der Waals surface area contributed by atoms with E-state index >= 15 is 0 Å². The Morgan fingerprint density at radius 1 is 1.21 bits per heavy atom. The van der Waals surface area contributed by atoms with Gasteiger partial charge in [-0.05, 0) is 37.3 Å². The maximum Gasteiger partial charge on any atom is 0.347 e. The van der Waals surface area contributed by atoms with Crippen molar-refractivity contribution in [3.8, 4) is 5.75 Å². The zero-order chi connectivity index (χ0) is 17.5. The topological polar surface area (TPSA) is 64.6 Å². The Bertz CT molecular complexity index is 724. The molecule has 0 aliphatic rings. The van der Waals surface area contributed by atoms with E-state index in [9.17, 15) is 14.0 Å². The number of amides is 1. The van der Waals surface area contributed by atoms with Gasteiger partial charge in [0.1, 0.15) is 11.6 Å². The van der Waals surface area contributed by atoms with E-state index in [2.05, 4.69) is 5.32 Å². The summed E-state index contributed by atoms with van der Waals surface area (Å²) >= 11 is 5.79. The molecule has 126 valence electrons. The Morgan fingerprint density at radius 3 is 2.58 bits per heavy atom. The number of carbonyl (C=O) groups excluding carboxylic acids is 2. The normalized spacial score (nSPS) is 11.5. The Hall–Kier alpha value is -2.60. The fraction of sp³-hybridized carbons (Fsp3) is 0.176. The van der Waals surface area contributed by atoms with Gasteiger partial charge in [0.05, 0.1) is 10.7 Å². The molecule has 0 radical (unpaired) electrons. The van der Waals surface area contributed by atoms with Crippen LogP contribution < -0.4 is 10.1 Å². The first kappa shape index (κ1) is 17.7. The van der Waals surface area contributed by atoms with E-state index in [1.54, 1.807) is 24.3 Å². The van der Waals surface area contributed by atoms with Crippen molar-refractivity contribution in [3.05, 3.63) is 59.4 Å². The van der Waals surface area contributed by atoms with Gasteiger partial charge in [-0.1, -0.05) is 29.8 Å². The second kappa shape index (κ2) is 8.31. The number of esters is 1. The van der Waals surface area contributed by atoms with Crippen LogP contribution in [-0.4, -0.2) is 24.6 Å². The molecule has 0 bridgehead atoms. The van der Waals surface area contributed by atoms with Crippen LogP contribution in [0.5, 0.6) is 5.75 Å². The van der Waals surface area contributed by atoms with Crippen molar-refractivity contribution in [1.82, 2.24) is 0 Å². The number of ether oxygens (including phenoxy) is 2. The first-order chi connectivity index (χ1) is 11.5. The van der Waals surface area contributed by atoms with Crippen molar-refractivity contribution in [3.63, 3.8) is 0 Å². The van der Waals surface area contributed by atoms with Gasteiger partial charge >= 0.3 is 5.97 Å². The van der Waals surface area contributed by atoms with E-state index in [-0.39, 0.29) is 10.7 Å². The van der Waals surface area contributed by atoms with Crippen molar-refractivity contribution < 1.29 is 23.5 Å². The molecule has 0 saturated carbocycles. The lowest BCUT2D eigenvalue weighted by Gasteiger charge is -2.14. The van der Waals surface area contributed by atoms with Crippen LogP contribution in [0.15, 0.2) is 48.5 Å². The molecule has 2 aromatic carbocycles. The molecule has 24 heavy (non-hydrogen) atoms. The van der Waals surface area contributed by atoms with Crippen molar-refractivity contribution in [2.45, 2.75) is 13.0 Å². The standard InChI is InChI=1S/C17H15ClFNO4/c1-11(24-13-5-3-2-4-6-13)17(22)23-10-16(21)20-15-8-7-12(19)9-14(15)18/h2-9,11H,10H2,1H3,(H,20,21)/t11-/m0/s1. The molecular weight excluding hydrogens is 337 g/mol. The molecule has 0 spiro atoms. The number of rotatable bonds is 6. The summed E-state index contributed by atoms with van der Waals surface area (Å²) in [5, 5.41) is 2.48. The molecule has 0 unspecified atom stereocenters. The highest BCUT2D eigenvalue weighted by molar-refractivity contribution is 6.33. The average molecular weight is 352 g/mol. The third kappa shape index (κ3) is 5.24. The quantitative estimate of drug-likeness (QED) is 0.810. The van der Waals surface area contributed by atoms with E-state index in [1.807, 2.05) is 6.07 Å². The van der Waals surface area contributed by atoms with Gasteiger partial charge in [0.25, 0.3) is 5.91 Å². The highest BCUT2D eigenvalue weighted by atomic mass is 35.5. The number of hydrogen-bond acceptors (Lipinski definition) is 4. The van der Waals surface area contributed by atoms with Gasteiger partial charge in [-0.25, -0.2) is 9.18 Å². The second-order valence-electron chi connectivity index (χ2n) is 4.85. The Labute approximate surface area is 143 Å². The lowest BCUT2D eigenvalue weighted by molar-refractivity contribution is -0.153. The third-order valence-corrected chi connectivity index (χ3v) is 3.25. The SMILES string of the molecule is C[C@H](Oc1ccccc1)C(=O)OCC(=O)Nc1ccc(F)cc1Cl. The minimum absolute atomic E-state index is 0.0513. The summed E-state index contributed by atoms with van der Waals surface area (Å²) in [6.45, 7) is 1.01. The van der Waals surface area contributed by atoms with Gasteiger partial charge in [0.15, 0.2) is 12.7 Å². The molecule has 0 saturated heterocycles. The molecule has 0 aliphatic heterocycles. The molecule has 1 N–H and O–H groups in total. The summed E-state index contributed by atoms with van der Waals surface area (Å²) in [7, 11) is 0. The number of benzene rings is 2. The molecule has 0 heterocycles. The summed E-state index contributed by atoms with van der Waals surface area (Å²) in [6, 6.07) is 12.3. The lowest BCUT2D eigenvalue weighted by Crippen LogP contribution is -2.29. The van der Waals surface area contributed by atoms with E-state index in [0.717, 1.165) is 12.1 Å². The van der Waals surface area contributed by atoms with Crippen molar-refractivity contribution in [2.75, 3.05) is 11.9 Å². The van der Waals surface area contributed by atoms with Gasteiger partial charge < -0.3 is 14.8 Å². The van der Waals surface area contributed by atoms with Crippen molar-refractivity contribution in [1.29, 1.82) is 0 Å². The number of anilines is 1. The van der Waals surface area contributed by atoms with Crippen LogP contribution in [0.1, 0.15) is 6.92 Å². The molecular formula is C17H15ClFNO4. The maximum atomic E-state index is 12.9. The zero-order valence-corrected chi connectivity index (χ0v) is 13.5. The predicted octanol–water partition coefficient (Wildman–Crippen LogP) is 3.43. The van der Waals surface area contributed by atoms with Crippen LogP contribution in [0, 0.1) is 5.82 Å². The van der Waals surface area contributed by atoms with Crippen LogP contribution in [0.25, 0.3) is 0 Å². The molecule has 1 atom stereocenters. The summed E-state index contributed by atoms with van der Waals surface area (Å²) in [4.78, 5) is 23.6. The number of hydrogen-bond donors (Lipinski definition) is 1. The predicted molar refractivity (Wildman–Crippen MR) is 87.5 cm³/mol. The van der Waals surface area contributed by atoms with Crippen LogP contribution in [-0.2, 0) is 14.3 Å². The Balaban J connectivity index is 1.81. The number of carbonyl (C=O) groups is 2. The van der Waals surface area contributed by atoms with Gasteiger partial charge in [-0.3, -0.25) is 4.79 Å². The van der Waals surface area contributed by atoms with Crippen LogP contribution in [0.3, 0.4) is 0 Å². The fourth-order valence-corrected chi connectivity index (χ4v) is 2.00. The molecule has 2 aromatic rings. The van der Waals surface area contributed by atoms with Gasteiger partial charge in [-0.2, -0.15) is 0 Å². The number of nitrogens with one attached hydrogen (secondary N) is 1. The summed E-state index contributed by atoms with van der Waals surface area (Å²) in [6.07, 6.45) is -0.866. The van der Waals surface area contributed by atoms with E-state index < -0.39 is 30.4 Å². The van der Waals surface area contributed by atoms with Gasteiger partial charge in [0.2, 0.25) is 0 Å². The molecule has 0 aliphatic carbocycles. The Kier molecular flexibility index (Phi) is 6.14. The van der Waals surface area contributed by atoms with Gasteiger partial charge in [-0.15, -0.1) is 0 Å². The van der Waals surface area contributed by atoms with Crippen LogP contribution in [0.4, 0.5) is 10.1 Å². The monoisotopic (exact) mass is 351 g/mol. The zero-order valence-electron chi connectivity index (χ0n) is 12.8. The molecule has 0 fully saturated rings. The van der Waals surface area contributed by atoms with E-state index in [1.165, 1.54) is 13.0 Å². The first-order valence-corrected chi connectivity index (χ1v) is 7.47.